The molecule has 72 valence electrons. The number of nitrogens with two attached hydrogens (primary N) is 1. The topological polar surface area (TPSA) is 93.8 Å². The molecule has 0 aromatic carbocycles. The molecule has 0 radical (unpaired) electrons. The van der Waals surface area contributed by atoms with E-state index in [1.807, 2.05) is 0 Å². The minimum absolute atomic E-state index is 0.318. The van der Waals surface area contributed by atoms with E-state index >= 15 is 0 Å². The third kappa shape index (κ3) is 2.33. The maximum atomic E-state index is 11.0. The molecule has 6 nitrogen and oxygen atoms in total. The average molecular weight is 185 g/mol. The van der Waals surface area contributed by atoms with Gasteiger partial charge in [-0.3, -0.25) is 9.59 Å². The first-order valence-corrected chi connectivity index (χ1v) is 3.82. The first-order valence-electron chi connectivity index (χ1n) is 3.82. The number of ether oxygens (including phenoxy) is 1. The zero-order chi connectivity index (χ0) is 9.84. The summed E-state index contributed by atoms with van der Waals surface area (Å²) in [5.74, 6) is -0.792. The maximum Gasteiger partial charge on any atom is 0.273 e. The molecule has 3 N–H and O–H groups in total. The van der Waals surface area contributed by atoms with E-state index < -0.39 is 17.9 Å². The van der Waals surface area contributed by atoms with Crippen LogP contribution in [0.5, 0.6) is 0 Å². The van der Waals surface area contributed by atoms with Crippen LogP contribution in [0.3, 0.4) is 0 Å². The number of hydrogen-bond acceptors (Lipinski definition) is 4. The van der Waals surface area contributed by atoms with Crippen molar-refractivity contribution in [3.8, 4) is 0 Å². The van der Waals surface area contributed by atoms with Gasteiger partial charge in [0.25, 0.3) is 11.8 Å². The summed E-state index contributed by atoms with van der Waals surface area (Å²) in [5, 5.41) is 2.42. The van der Waals surface area contributed by atoms with Crippen LogP contribution in [0, 0.1) is 0 Å². The summed E-state index contributed by atoms with van der Waals surface area (Å²) < 4.78 is 4.77. The predicted octanol–water partition coefficient (Wildman–Crippen LogP) is -1.59. The third-order valence-electron chi connectivity index (χ3n) is 1.60. The lowest BCUT2D eigenvalue weighted by Crippen LogP contribution is -2.52. The van der Waals surface area contributed by atoms with Crippen molar-refractivity contribution in [3.05, 3.63) is 0 Å². The molecular weight excluding hydrogens is 174 g/mol. The van der Waals surface area contributed by atoms with Crippen LogP contribution >= 0.6 is 0 Å². The number of hydrogen-bond donors (Lipinski definition) is 2. The van der Waals surface area contributed by atoms with Gasteiger partial charge in [0.2, 0.25) is 0 Å². The fraction of sp³-hybridized carbons (Fsp3) is 0.571. The van der Waals surface area contributed by atoms with E-state index in [4.69, 9.17) is 10.5 Å². The molecule has 0 aromatic rings. The van der Waals surface area contributed by atoms with Crippen LogP contribution in [0.25, 0.3) is 0 Å². The number of aliphatic imine (C=N–C) groups is 1. The lowest BCUT2D eigenvalue weighted by Gasteiger charge is -2.16. The Hall–Kier alpha value is -1.27. The molecule has 0 saturated heterocycles. The van der Waals surface area contributed by atoms with Crippen molar-refractivity contribution >= 4 is 17.6 Å². The fourth-order valence-corrected chi connectivity index (χ4v) is 0.880. The molecule has 0 bridgehead atoms. The van der Waals surface area contributed by atoms with Gasteiger partial charge < -0.3 is 15.8 Å². The standard InChI is InChI=1S/C7H11N3O3/c1-13-3-2-4-9-6(11)5(8)7(12)10-4/h5H,2-3,8H2,1H3,(H,9,10,11,12). The number of rotatable bonds is 3. The molecule has 1 aliphatic heterocycles. The molecule has 0 aliphatic carbocycles. The molecule has 1 rings (SSSR count). The van der Waals surface area contributed by atoms with Crippen LogP contribution in [0.1, 0.15) is 6.42 Å². The number of amides is 2. The Kier molecular flexibility index (Phi) is 3.10. The van der Waals surface area contributed by atoms with E-state index in [-0.39, 0.29) is 0 Å². The van der Waals surface area contributed by atoms with Crippen molar-refractivity contribution in [2.45, 2.75) is 12.5 Å². The molecule has 0 aromatic heterocycles. The summed E-state index contributed by atoms with van der Waals surface area (Å²) in [4.78, 5) is 25.6. The fourth-order valence-electron chi connectivity index (χ4n) is 0.880. The minimum Gasteiger partial charge on any atom is -0.384 e. The van der Waals surface area contributed by atoms with Crippen LogP contribution in [0.4, 0.5) is 0 Å². The van der Waals surface area contributed by atoms with Gasteiger partial charge >= 0.3 is 0 Å². The van der Waals surface area contributed by atoms with E-state index in [0.29, 0.717) is 18.9 Å². The first-order chi connectivity index (χ1) is 6.15. The van der Waals surface area contributed by atoms with Gasteiger partial charge in [-0.1, -0.05) is 0 Å². The normalized spacial score (nSPS) is 22.6. The van der Waals surface area contributed by atoms with Gasteiger partial charge in [0.05, 0.1) is 6.61 Å². The molecule has 1 aliphatic rings. The Labute approximate surface area is 75.1 Å². The lowest BCUT2D eigenvalue weighted by molar-refractivity contribution is -0.129. The maximum absolute atomic E-state index is 11.0. The van der Waals surface area contributed by atoms with E-state index in [1.54, 1.807) is 0 Å². The van der Waals surface area contributed by atoms with Crippen molar-refractivity contribution in [1.82, 2.24) is 5.32 Å². The van der Waals surface area contributed by atoms with Gasteiger partial charge in [-0.05, 0) is 0 Å². The Morgan fingerprint density at radius 1 is 1.62 bits per heavy atom. The lowest BCUT2D eigenvalue weighted by atomic mass is 10.2. The Morgan fingerprint density at radius 2 is 2.31 bits per heavy atom. The van der Waals surface area contributed by atoms with Crippen LogP contribution < -0.4 is 11.1 Å². The molecule has 0 spiro atoms. The molecule has 1 unspecified atom stereocenters. The van der Waals surface area contributed by atoms with Gasteiger partial charge in [-0.2, -0.15) is 4.99 Å². The zero-order valence-corrected chi connectivity index (χ0v) is 7.24. The Morgan fingerprint density at radius 3 is 2.85 bits per heavy atom. The number of carbonyl (C=O) groups excluding carboxylic acids is 2. The molecule has 1 atom stereocenters. The van der Waals surface area contributed by atoms with Crippen molar-refractivity contribution in [2.24, 2.45) is 10.7 Å². The second-order valence-corrected chi connectivity index (χ2v) is 2.61. The highest BCUT2D eigenvalue weighted by Crippen LogP contribution is 1.96. The number of amidine groups is 1. The monoisotopic (exact) mass is 185 g/mol. The number of methoxy groups -OCH3 is 1. The molecule has 0 fully saturated rings. The van der Waals surface area contributed by atoms with E-state index in [2.05, 4.69) is 10.3 Å². The third-order valence-corrected chi connectivity index (χ3v) is 1.60. The summed E-state index contributed by atoms with van der Waals surface area (Å²) in [7, 11) is 1.53. The molecule has 1 heterocycles. The molecular formula is C7H11N3O3. The van der Waals surface area contributed by atoms with Crippen molar-refractivity contribution in [2.75, 3.05) is 13.7 Å². The SMILES string of the molecule is COCCC1=NC(=O)C(N)C(=O)N1. The summed E-state index contributed by atoms with van der Waals surface area (Å²) >= 11 is 0. The smallest absolute Gasteiger partial charge is 0.273 e. The Balaban J connectivity index is 2.62. The molecule has 2 amide bonds. The van der Waals surface area contributed by atoms with E-state index in [0.717, 1.165) is 0 Å². The van der Waals surface area contributed by atoms with Gasteiger partial charge in [-0.15, -0.1) is 0 Å². The van der Waals surface area contributed by atoms with Crippen LogP contribution in [-0.4, -0.2) is 37.4 Å². The summed E-state index contributed by atoms with van der Waals surface area (Å²) in [6, 6.07) is -1.16. The molecule has 13 heavy (non-hydrogen) atoms. The van der Waals surface area contributed by atoms with Crippen LogP contribution in [-0.2, 0) is 14.3 Å². The van der Waals surface area contributed by atoms with Gasteiger partial charge in [0.1, 0.15) is 5.84 Å². The minimum atomic E-state index is -1.16. The Bertz CT molecular complexity index is 262. The quantitative estimate of drug-likeness (QED) is 0.518. The van der Waals surface area contributed by atoms with Gasteiger partial charge in [-0.25, -0.2) is 0 Å². The summed E-state index contributed by atoms with van der Waals surface area (Å²) in [6.07, 6.45) is 0.403. The number of nitrogens with one attached hydrogen (secondary N) is 1. The highest BCUT2D eigenvalue weighted by Gasteiger charge is 2.27. The van der Waals surface area contributed by atoms with Crippen molar-refractivity contribution in [1.29, 1.82) is 0 Å². The average Bonchev–Trinajstić information content (AvgIpc) is 2.10. The largest absolute Gasteiger partial charge is 0.384 e. The summed E-state index contributed by atoms with van der Waals surface area (Å²) in [6.45, 7) is 0.404. The van der Waals surface area contributed by atoms with Crippen LogP contribution in [0.2, 0.25) is 0 Å². The van der Waals surface area contributed by atoms with Crippen molar-refractivity contribution in [3.63, 3.8) is 0 Å². The van der Waals surface area contributed by atoms with Gasteiger partial charge in [0.15, 0.2) is 6.04 Å². The predicted molar refractivity (Wildman–Crippen MR) is 45.1 cm³/mol. The highest BCUT2D eigenvalue weighted by atomic mass is 16.5. The zero-order valence-electron chi connectivity index (χ0n) is 7.24. The van der Waals surface area contributed by atoms with Crippen molar-refractivity contribution < 1.29 is 14.3 Å². The highest BCUT2D eigenvalue weighted by molar-refractivity contribution is 6.18. The summed E-state index contributed by atoms with van der Waals surface area (Å²) in [5.41, 5.74) is 5.21. The molecule has 0 saturated carbocycles. The number of carbonyl (C=O) groups is 2. The second-order valence-electron chi connectivity index (χ2n) is 2.61. The second kappa shape index (κ2) is 4.11. The van der Waals surface area contributed by atoms with Gasteiger partial charge in [0, 0.05) is 13.5 Å². The van der Waals surface area contributed by atoms with E-state index in [1.165, 1.54) is 7.11 Å². The van der Waals surface area contributed by atoms with E-state index in [9.17, 15) is 9.59 Å². The number of nitrogens with zero attached hydrogens (tertiary/aromatic N) is 1. The molecule has 6 heteroatoms. The first kappa shape index (κ1) is 9.82. The van der Waals surface area contributed by atoms with Crippen LogP contribution in [0.15, 0.2) is 4.99 Å².